The largest absolute Gasteiger partial charge is 0.351 e. The summed E-state index contributed by atoms with van der Waals surface area (Å²) in [5.41, 5.74) is 1.12. The lowest BCUT2D eigenvalue weighted by atomic mass is 9.78. The van der Waals surface area contributed by atoms with Crippen LogP contribution in [-0.2, 0) is 0 Å². The number of carbonyl (C=O) groups excluding carboxylic acids is 1. The molecule has 0 spiro atoms. The van der Waals surface area contributed by atoms with Gasteiger partial charge in [-0.2, -0.15) is 0 Å². The summed E-state index contributed by atoms with van der Waals surface area (Å²) in [7, 11) is 0. The standard InChI is InChI=1S/C15H22BrNOS/c1-11(2)8-15(5-3-4-6-15)10-17-14(18)12-7-13(16)19-9-12/h7,9,11H,3-6,8,10H2,1-2H3,(H,17,18). The summed E-state index contributed by atoms with van der Waals surface area (Å²) < 4.78 is 1.01. The number of hydrogen-bond donors (Lipinski definition) is 1. The van der Waals surface area contributed by atoms with Gasteiger partial charge in [-0.05, 0) is 52.6 Å². The predicted molar refractivity (Wildman–Crippen MR) is 84.7 cm³/mol. The summed E-state index contributed by atoms with van der Waals surface area (Å²) in [6, 6.07) is 1.89. The van der Waals surface area contributed by atoms with Crippen molar-refractivity contribution in [3.63, 3.8) is 0 Å². The Bertz CT molecular complexity index is 435. The van der Waals surface area contributed by atoms with Gasteiger partial charge in [0.2, 0.25) is 0 Å². The number of carbonyl (C=O) groups is 1. The van der Waals surface area contributed by atoms with Crippen molar-refractivity contribution in [2.24, 2.45) is 11.3 Å². The van der Waals surface area contributed by atoms with Crippen LogP contribution in [0.15, 0.2) is 15.2 Å². The minimum absolute atomic E-state index is 0.0666. The maximum absolute atomic E-state index is 12.1. The van der Waals surface area contributed by atoms with Gasteiger partial charge in [0.15, 0.2) is 0 Å². The van der Waals surface area contributed by atoms with E-state index >= 15 is 0 Å². The molecule has 0 unspecified atom stereocenters. The van der Waals surface area contributed by atoms with Gasteiger partial charge < -0.3 is 5.32 Å². The van der Waals surface area contributed by atoms with Gasteiger partial charge in [-0.1, -0.05) is 26.7 Å². The number of thiophene rings is 1. The van der Waals surface area contributed by atoms with Crippen LogP contribution in [0.5, 0.6) is 0 Å². The average molecular weight is 344 g/mol. The lowest BCUT2D eigenvalue weighted by Crippen LogP contribution is -2.36. The van der Waals surface area contributed by atoms with Crippen molar-refractivity contribution in [1.29, 1.82) is 0 Å². The van der Waals surface area contributed by atoms with Gasteiger partial charge >= 0.3 is 0 Å². The first-order valence-corrected chi connectivity index (χ1v) is 8.70. The van der Waals surface area contributed by atoms with E-state index in [0.29, 0.717) is 11.3 Å². The molecule has 0 bridgehead atoms. The summed E-state index contributed by atoms with van der Waals surface area (Å²) in [6.45, 7) is 5.38. The molecule has 1 aromatic rings. The molecular weight excluding hydrogens is 322 g/mol. The van der Waals surface area contributed by atoms with Gasteiger partial charge in [0, 0.05) is 11.9 Å². The second kappa shape index (κ2) is 6.40. The monoisotopic (exact) mass is 343 g/mol. The number of nitrogens with one attached hydrogen (secondary N) is 1. The Balaban J connectivity index is 1.94. The van der Waals surface area contributed by atoms with E-state index < -0.39 is 0 Å². The molecule has 1 heterocycles. The molecule has 0 aromatic carbocycles. The Kier molecular flexibility index (Phi) is 5.07. The Morgan fingerprint density at radius 3 is 2.68 bits per heavy atom. The molecule has 106 valence electrons. The highest BCUT2D eigenvalue weighted by molar-refractivity contribution is 9.11. The molecule has 19 heavy (non-hydrogen) atoms. The number of halogens is 1. The lowest BCUT2D eigenvalue weighted by molar-refractivity contribution is 0.0922. The van der Waals surface area contributed by atoms with E-state index in [1.54, 1.807) is 11.3 Å². The van der Waals surface area contributed by atoms with Crippen molar-refractivity contribution in [1.82, 2.24) is 5.32 Å². The van der Waals surface area contributed by atoms with Crippen LogP contribution in [0.25, 0.3) is 0 Å². The van der Waals surface area contributed by atoms with Crippen molar-refractivity contribution in [3.05, 3.63) is 20.8 Å². The molecule has 4 heteroatoms. The van der Waals surface area contributed by atoms with E-state index in [2.05, 4.69) is 35.1 Å². The zero-order valence-electron chi connectivity index (χ0n) is 11.7. The molecule has 2 nitrogen and oxygen atoms in total. The number of amides is 1. The van der Waals surface area contributed by atoms with E-state index in [1.165, 1.54) is 32.1 Å². The van der Waals surface area contributed by atoms with E-state index in [4.69, 9.17) is 0 Å². The van der Waals surface area contributed by atoms with Crippen LogP contribution in [0.1, 0.15) is 56.3 Å². The van der Waals surface area contributed by atoms with E-state index in [1.807, 2.05) is 11.4 Å². The van der Waals surface area contributed by atoms with E-state index in [9.17, 15) is 4.79 Å². The van der Waals surface area contributed by atoms with Gasteiger partial charge in [-0.25, -0.2) is 0 Å². The fourth-order valence-corrected chi connectivity index (χ4v) is 4.38. The van der Waals surface area contributed by atoms with Crippen molar-refractivity contribution in [2.45, 2.75) is 46.0 Å². The smallest absolute Gasteiger partial charge is 0.252 e. The summed E-state index contributed by atoms with van der Waals surface area (Å²) >= 11 is 4.96. The highest BCUT2D eigenvalue weighted by atomic mass is 79.9. The van der Waals surface area contributed by atoms with Gasteiger partial charge in [0.1, 0.15) is 0 Å². The summed E-state index contributed by atoms with van der Waals surface area (Å²) in [6.07, 6.45) is 6.37. The molecule has 0 radical (unpaired) electrons. The lowest BCUT2D eigenvalue weighted by Gasteiger charge is -2.31. The third kappa shape index (κ3) is 4.06. The third-order valence-electron chi connectivity index (χ3n) is 3.96. The zero-order valence-corrected chi connectivity index (χ0v) is 14.1. The molecule has 1 amide bonds. The van der Waals surface area contributed by atoms with Crippen molar-refractivity contribution < 1.29 is 4.79 Å². The Morgan fingerprint density at radius 1 is 1.47 bits per heavy atom. The maximum Gasteiger partial charge on any atom is 0.252 e. The molecule has 1 aromatic heterocycles. The number of hydrogen-bond acceptors (Lipinski definition) is 2. The summed E-state index contributed by atoms with van der Waals surface area (Å²) in [4.78, 5) is 12.1. The first-order chi connectivity index (χ1) is 9.01. The fraction of sp³-hybridized carbons (Fsp3) is 0.667. The van der Waals surface area contributed by atoms with Crippen molar-refractivity contribution in [2.75, 3.05) is 6.54 Å². The van der Waals surface area contributed by atoms with Crippen LogP contribution in [0.2, 0.25) is 0 Å². The molecule has 0 saturated heterocycles. The van der Waals surface area contributed by atoms with E-state index in [0.717, 1.165) is 15.9 Å². The second-order valence-corrected chi connectivity index (χ2v) is 8.42. The quantitative estimate of drug-likeness (QED) is 0.813. The minimum Gasteiger partial charge on any atom is -0.351 e. The van der Waals surface area contributed by atoms with Crippen molar-refractivity contribution >= 4 is 33.2 Å². The SMILES string of the molecule is CC(C)CC1(CNC(=O)c2csc(Br)c2)CCCC1. The van der Waals surface area contributed by atoms with Crippen LogP contribution in [0, 0.1) is 11.3 Å². The maximum atomic E-state index is 12.1. The molecule has 0 atom stereocenters. The van der Waals surface area contributed by atoms with Crippen molar-refractivity contribution in [3.8, 4) is 0 Å². The molecule has 1 N–H and O–H groups in total. The summed E-state index contributed by atoms with van der Waals surface area (Å²) in [5, 5.41) is 5.05. The molecule has 1 aliphatic carbocycles. The predicted octanol–water partition coefficient (Wildman–Crippen LogP) is 4.85. The zero-order chi connectivity index (χ0) is 13.9. The topological polar surface area (TPSA) is 29.1 Å². The molecule has 2 rings (SSSR count). The first-order valence-electron chi connectivity index (χ1n) is 7.03. The third-order valence-corrected chi connectivity index (χ3v) is 5.46. The Labute approximate surface area is 128 Å². The fourth-order valence-electron chi connectivity index (χ4n) is 3.24. The highest BCUT2D eigenvalue weighted by Gasteiger charge is 2.34. The van der Waals surface area contributed by atoms with Gasteiger partial charge in [-0.3, -0.25) is 4.79 Å². The first kappa shape index (κ1) is 15.0. The van der Waals surface area contributed by atoms with Crippen LogP contribution in [-0.4, -0.2) is 12.5 Å². The van der Waals surface area contributed by atoms with Gasteiger partial charge in [-0.15, -0.1) is 11.3 Å². The van der Waals surface area contributed by atoms with E-state index in [-0.39, 0.29) is 5.91 Å². The van der Waals surface area contributed by atoms with Crippen LogP contribution >= 0.6 is 27.3 Å². The molecular formula is C15H22BrNOS. The van der Waals surface area contributed by atoms with Crippen LogP contribution in [0.4, 0.5) is 0 Å². The summed E-state index contributed by atoms with van der Waals surface area (Å²) in [5.74, 6) is 0.766. The van der Waals surface area contributed by atoms with Gasteiger partial charge in [0.25, 0.3) is 5.91 Å². The average Bonchev–Trinajstić information content (AvgIpc) is 2.95. The Morgan fingerprint density at radius 2 is 2.16 bits per heavy atom. The Hall–Kier alpha value is -0.350. The molecule has 1 aliphatic rings. The second-order valence-electron chi connectivity index (χ2n) is 6.13. The molecule has 1 fully saturated rings. The normalized spacial score (nSPS) is 17.9. The number of rotatable bonds is 5. The van der Waals surface area contributed by atoms with Crippen LogP contribution < -0.4 is 5.32 Å². The molecule has 1 saturated carbocycles. The highest BCUT2D eigenvalue weighted by Crippen LogP contribution is 2.42. The minimum atomic E-state index is 0.0666. The van der Waals surface area contributed by atoms with Gasteiger partial charge in [0.05, 0.1) is 9.35 Å². The van der Waals surface area contributed by atoms with Crippen LogP contribution in [0.3, 0.4) is 0 Å². The molecule has 0 aliphatic heterocycles.